The Bertz CT molecular complexity index is 1100. The van der Waals surface area contributed by atoms with Crippen LogP contribution in [0.1, 0.15) is 63.0 Å². The van der Waals surface area contributed by atoms with Crippen molar-refractivity contribution in [2.45, 2.75) is 58.2 Å². The van der Waals surface area contributed by atoms with Crippen molar-refractivity contribution in [2.75, 3.05) is 20.3 Å². The van der Waals surface area contributed by atoms with Crippen LogP contribution < -0.4 is 10.3 Å². The molecular weight excluding hydrogens is 408 g/mol. The zero-order valence-electron chi connectivity index (χ0n) is 19.0. The first-order chi connectivity index (χ1) is 15.5. The van der Waals surface area contributed by atoms with Crippen molar-refractivity contribution >= 4 is 10.9 Å². The Kier molecular flexibility index (Phi) is 6.86. The maximum absolute atomic E-state index is 12.9. The van der Waals surface area contributed by atoms with E-state index in [0.717, 1.165) is 35.3 Å². The summed E-state index contributed by atoms with van der Waals surface area (Å²) in [7, 11) is 1.62. The summed E-state index contributed by atoms with van der Waals surface area (Å²) in [6.45, 7) is 5.02. The molecule has 1 atom stereocenters. The van der Waals surface area contributed by atoms with Crippen molar-refractivity contribution in [3.63, 3.8) is 0 Å². The number of H-pyrrole nitrogens is 1. The van der Waals surface area contributed by atoms with E-state index in [0.29, 0.717) is 24.7 Å². The number of hydrogen-bond donors (Lipinski definition) is 2. The molecule has 0 amide bonds. The minimum Gasteiger partial charge on any atom is -0.497 e. The summed E-state index contributed by atoms with van der Waals surface area (Å²) >= 11 is 0. The van der Waals surface area contributed by atoms with Crippen molar-refractivity contribution in [1.29, 1.82) is 0 Å². The highest BCUT2D eigenvalue weighted by molar-refractivity contribution is 5.80. The van der Waals surface area contributed by atoms with Gasteiger partial charge in [-0.05, 0) is 53.5 Å². The topological polar surface area (TPSA) is 109 Å². The van der Waals surface area contributed by atoms with Crippen molar-refractivity contribution in [3.8, 4) is 5.75 Å². The predicted octanol–water partition coefficient (Wildman–Crippen LogP) is 2.83. The summed E-state index contributed by atoms with van der Waals surface area (Å²) in [5.74, 6) is 1.73. The van der Waals surface area contributed by atoms with E-state index < -0.39 is 0 Å². The molecule has 3 aromatic rings. The van der Waals surface area contributed by atoms with Crippen LogP contribution in [0.2, 0.25) is 0 Å². The molecule has 32 heavy (non-hydrogen) atoms. The molecule has 4 rings (SSSR count). The number of tetrazole rings is 1. The van der Waals surface area contributed by atoms with Crippen LogP contribution in [0.3, 0.4) is 0 Å². The summed E-state index contributed by atoms with van der Waals surface area (Å²) in [6.07, 6.45) is 4.53. The minimum atomic E-state index is -0.136. The molecule has 0 bridgehead atoms. The van der Waals surface area contributed by atoms with Gasteiger partial charge in [0.1, 0.15) is 5.75 Å². The number of aromatic nitrogens is 5. The van der Waals surface area contributed by atoms with E-state index in [1.165, 1.54) is 12.8 Å². The quantitative estimate of drug-likeness (QED) is 0.526. The fraction of sp³-hybridized carbons (Fsp3) is 0.565. The zero-order chi connectivity index (χ0) is 22.7. The number of aromatic amines is 1. The lowest BCUT2D eigenvalue weighted by Crippen LogP contribution is -2.37. The molecule has 1 aliphatic carbocycles. The summed E-state index contributed by atoms with van der Waals surface area (Å²) in [4.78, 5) is 17.9. The van der Waals surface area contributed by atoms with Gasteiger partial charge in [-0.25, -0.2) is 4.68 Å². The standard InChI is InChI=1S/C23H32N6O3/c1-15(2)21(22-25-26-27-29(22)18-6-4-5-7-18)28(10-11-30)14-17-12-16-13-19(32-3)8-9-20(16)24-23(17)31/h8-9,12-13,15,18,21,30H,4-7,10-11,14H2,1-3H3,(H,24,31)/t21-/m0/s1. The van der Waals surface area contributed by atoms with Crippen molar-refractivity contribution in [2.24, 2.45) is 5.92 Å². The first kappa shape index (κ1) is 22.4. The Morgan fingerprint density at radius 3 is 2.75 bits per heavy atom. The molecule has 0 radical (unpaired) electrons. The predicted molar refractivity (Wildman–Crippen MR) is 122 cm³/mol. The Morgan fingerprint density at radius 2 is 2.06 bits per heavy atom. The highest BCUT2D eigenvalue weighted by Gasteiger charge is 2.32. The normalized spacial score (nSPS) is 15.8. The van der Waals surface area contributed by atoms with Gasteiger partial charge in [-0.1, -0.05) is 26.7 Å². The largest absolute Gasteiger partial charge is 0.497 e. The molecule has 9 nitrogen and oxygen atoms in total. The lowest BCUT2D eigenvalue weighted by atomic mass is 10.00. The summed E-state index contributed by atoms with van der Waals surface area (Å²) in [6, 6.07) is 7.67. The van der Waals surface area contributed by atoms with Crippen LogP contribution in [0.25, 0.3) is 10.9 Å². The van der Waals surface area contributed by atoms with Crippen LogP contribution in [-0.4, -0.2) is 55.5 Å². The molecule has 0 saturated heterocycles. The molecule has 1 aliphatic rings. The van der Waals surface area contributed by atoms with Gasteiger partial charge in [0.2, 0.25) is 0 Å². The van der Waals surface area contributed by atoms with Gasteiger partial charge < -0.3 is 14.8 Å². The molecule has 0 aliphatic heterocycles. The van der Waals surface area contributed by atoms with E-state index in [-0.39, 0.29) is 24.1 Å². The maximum Gasteiger partial charge on any atom is 0.252 e. The fourth-order valence-corrected chi connectivity index (χ4v) is 4.83. The van der Waals surface area contributed by atoms with E-state index in [9.17, 15) is 9.90 Å². The van der Waals surface area contributed by atoms with Crippen LogP contribution in [-0.2, 0) is 6.54 Å². The van der Waals surface area contributed by atoms with Gasteiger partial charge in [-0.2, -0.15) is 0 Å². The number of hydrogen-bond acceptors (Lipinski definition) is 7. The van der Waals surface area contributed by atoms with Gasteiger partial charge >= 0.3 is 0 Å². The highest BCUT2D eigenvalue weighted by Crippen LogP contribution is 2.34. The average molecular weight is 441 g/mol. The molecule has 172 valence electrons. The third-order valence-corrected chi connectivity index (χ3v) is 6.37. The first-order valence-electron chi connectivity index (χ1n) is 11.3. The molecule has 2 heterocycles. The number of pyridine rings is 1. The number of benzene rings is 1. The van der Waals surface area contributed by atoms with Crippen molar-refractivity contribution < 1.29 is 9.84 Å². The molecule has 2 N–H and O–H groups in total. The van der Waals surface area contributed by atoms with Gasteiger partial charge in [0.25, 0.3) is 5.56 Å². The molecule has 9 heteroatoms. The van der Waals surface area contributed by atoms with E-state index in [1.54, 1.807) is 7.11 Å². The van der Waals surface area contributed by atoms with Crippen LogP contribution >= 0.6 is 0 Å². The number of ether oxygens (including phenoxy) is 1. The lowest BCUT2D eigenvalue weighted by molar-refractivity contribution is 0.104. The summed E-state index contributed by atoms with van der Waals surface area (Å²) in [5, 5.41) is 23.4. The number of nitrogens with one attached hydrogen (secondary N) is 1. The second kappa shape index (κ2) is 9.79. The third kappa shape index (κ3) is 4.54. The highest BCUT2D eigenvalue weighted by atomic mass is 16.5. The molecule has 1 fully saturated rings. The van der Waals surface area contributed by atoms with Crippen LogP contribution in [0.5, 0.6) is 5.75 Å². The SMILES string of the molecule is COc1ccc2[nH]c(=O)c(CN(CCO)[C@H](c3nnnn3C3CCCC3)C(C)C)cc2c1. The van der Waals surface area contributed by atoms with Crippen LogP contribution in [0, 0.1) is 5.92 Å². The fourth-order valence-electron chi connectivity index (χ4n) is 4.83. The molecule has 0 unspecified atom stereocenters. The molecule has 2 aromatic heterocycles. The minimum absolute atomic E-state index is 0.0203. The number of aliphatic hydroxyl groups excluding tert-OH is 1. The average Bonchev–Trinajstić information content (AvgIpc) is 3.46. The Hall–Kier alpha value is -2.78. The van der Waals surface area contributed by atoms with Gasteiger partial charge in [-0.3, -0.25) is 9.69 Å². The van der Waals surface area contributed by atoms with Crippen LogP contribution in [0.15, 0.2) is 29.1 Å². The first-order valence-corrected chi connectivity index (χ1v) is 11.3. The molecule has 0 spiro atoms. The number of rotatable bonds is 9. The number of nitrogens with zero attached hydrogens (tertiary/aromatic N) is 5. The Morgan fingerprint density at radius 1 is 1.28 bits per heavy atom. The van der Waals surface area contributed by atoms with E-state index >= 15 is 0 Å². The monoisotopic (exact) mass is 440 g/mol. The lowest BCUT2D eigenvalue weighted by Gasteiger charge is -2.33. The van der Waals surface area contributed by atoms with Crippen molar-refractivity contribution in [3.05, 3.63) is 46.0 Å². The second-order valence-electron chi connectivity index (χ2n) is 8.88. The number of methoxy groups -OCH3 is 1. The second-order valence-corrected chi connectivity index (χ2v) is 8.88. The summed E-state index contributed by atoms with van der Waals surface area (Å²) in [5.41, 5.74) is 1.26. The van der Waals surface area contributed by atoms with Gasteiger partial charge in [-0.15, -0.1) is 5.10 Å². The van der Waals surface area contributed by atoms with Gasteiger partial charge in [0.05, 0.1) is 25.8 Å². The zero-order valence-corrected chi connectivity index (χ0v) is 19.0. The van der Waals surface area contributed by atoms with Crippen molar-refractivity contribution in [1.82, 2.24) is 30.1 Å². The Labute approximate surface area is 187 Å². The van der Waals surface area contributed by atoms with Crippen LogP contribution in [0.4, 0.5) is 0 Å². The van der Waals surface area contributed by atoms with E-state index in [4.69, 9.17) is 4.74 Å². The molecule has 1 saturated carbocycles. The van der Waals surface area contributed by atoms with Gasteiger partial charge in [0.15, 0.2) is 5.82 Å². The molecule has 1 aromatic carbocycles. The Balaban J connectivity index is 1.70. The summed E-state index contributed by atoms with van der Waals surface area (Å²) < 4.78 is 7.30. The maximum atomic E-state index is 12.9. The number of fused-ring (bicyclic) bond motifs is 1. The smallest absolute Gasteiger partial charge is 0.252 e. The van der Waals surface area contributed by atoms with Gasteiger partial charge in [0, 0.05) is 29.6 Å². The third-order valence-electron chi connectivity index (χ3n) is 6.37. The van der Waals surface area contributed by atoms with E-state index in [2.05, 4.69) is 39.3 Å². The molecular formula is C23H32N6O3. The van der Waals surface area contributed by atoms with E-state index in [1.807, 2.05) is 28.9 Å². The number of aliphatic hydroxyl groups is 1.